The quantitative estimate of drug-likeness (QED) is 0.634. The number of carboxylic acid groups (broad SMARTS) is 1. The molecule has 0 aromatic carbocycles. The Morgan fingerprint density at radius 3 is 2.62 bits per heavy atom. The van der Waals surface area contributed by atoms with Gasteiger partial charge >= 0.3 is 5.97 Å². The molecule has 0 radical (unpaired) electrons. The number of amides is 1. The molecule has 1 rings (SSSR count). The molecule has 1 N–H and O–H groups in total. The van der Waals surface area contributed by atoms with E-state index in [1.54, 1.807) is 11.8 Å². The molecule has 1 amide bonds. The van der Waals surface area contributed by atoms with Crippen molar-refractivity contribution in [1.82, 2.24) is 4.90 Å². The number of hydrogen-bond donors (Lipinski definition) is 1. The van der Waals surface area contributed by atoms with Gasteiger partial charge in [-0.15, -0.1) is 0 Å². The lowest BCUT2D eigenvalue weighted by Crippen LogP contribution is -2.36. The largest absolute Gasteiger partial charge is 0.481 e. The van der Waals surface area contributed by atoms with E-state index in [2.05, 4.69) is 6.58 Å². The van der Waals surface area contributed by atoms with Crippen molar-refractivity contribution in [1.29, 1.82) is 0 Å². The standard InChI is InChI=1S/C9H13NO3/c1-3-8(11)10-5-4-7(6(10)2)9(12)13/h3,6-7H,1,4-5H2,2H3,(H,12,13). The number of hydrogen-bond acceptors (Lipinski definition) is 2. The van der Waals surface area contributed by atoms with Gasteiger partial charge in [0.15, 0.2) is 0 Å². The summed E-state index contributed by atoms with van der Waals surface area (Å²) in [5.41, 5.74) is 0. The van der Waals surface area contributed by atoms with Crippen molar-refractivity contribution in [2.75, 3.05) is 6.54 Å². The molecule has 1 aliphatic rings. The van der Waals surface area contributed by atoms with Crippen molar-refractivity contribution < 1.29 is 14.7 Å². The Hall–Kier alpha value is -1.32. The molecule has 1 heterocycles. The Kier molecular flexibility index (Phi) is 2.70. The molecule has 1 fully saturated rings. The molecule has 4 nitrogen and oxygen atoms in total. The highest BCUT2D eigenvalue weighted by atomic mass is 16.4. The van der Waals surface area contributed by atoms with Gasteiger partial charge in [-0.1, -0.05) is 6.58 Å². The Bertz CT molecular complexity index is 249. The molecule has 0 aromatic rings. The number of aliphatic carboxylic acids is 1. The third kappa shape index (κ3) is 1.71. The maximum Gasteiger partial charge on any atom is 0.308 e. The van der Waals surface area contributed by atoms with Crippen LogP contribution >= 0.6 is 0 Å². The second-order valence-electron chi connectivity index (χ2n) is 3.21. The molecule has 13 heavy (non-hydrogen) atoms. The molecule has 72 valence electrons. The zero-order valence-corrected chi connectivity index (χ0v) is 7.56. The molecule has 0 spiro atoms. The fourth-order valence-electron chi connectivity index (χ4n) is 1.70. The Morgan fingerprint density at radius 1 is 1.62 bits per heavy atom. The predicted molar refractivity (Wildman–Crippen MR) is 47.1 cm³/mol. The number of likely N-dealkylation sites (tertiary alicyclic amines) is 1. The molecule has 0 bridgehead atoms. The number of rotatable bonds is 2. The summed E-state index contributed by atoms with van der Waals surface area (Å²) in [4.78, 5) is 23.5. The summed E-state index contributed by atoms with van der Waals surface area (Å²) in [6, 6.07) is -0.219. The van der Waals surface area contributed by atoms with Gasteiger partial charge in [-0.05, 0) is 19.4 Å². The first kappa shape index (κ1) is 9.77. The average molecular weight is 183 g/mol. The third-order valence-electron chi connectivity index (χ3n) is 2.53. The van der Waals surface area contributed by atoms with E-state index in [0.717, 1.165) is 0 Å². The summed E-state index contributed by atoms with van der Waals surface area (Å²) in [7, 11) is 0. The van der Waals surface area contributed by atoms with Crippen LogP contribution in [-0.2, 0) is 9.59 Å². The van der Waals surface area contributed by atoms with Crippen molar-refractivity contribution in [3.05, 3.63) is 12.7 Å². The van der Waals surface area contributed by atoms with Gasteiger partial charge in [-0.2, -0.15) is 0 Å². The maximum atomic E-state index is 11.2. The zero-order valence-electron chi connectivity index (χ0n) is 7.56. The van der Waals surface area contributed by atoms with E-state index in [-0.39, 0.29) is 11.9 Å². The summed E-state index contributed by atoms with van der Waals surface area (Å²) in [6.45, 7) is 5.64. The Labute approximate surface area is 76.8 Å². The molecule has 4 heteroatoms. The van der Waals surface area contributed by atoms with Gasteiger partial charge in [0.2, 0.25) is 5.91 Å². The fourth-order valence-corrected chi connectivity index (χ4v) is 1.70. The van der Waals surface area contributed by atoms with Crippen LogP contribution in [0.4, 0.5) is 0 Å². The van der Waals surface area contributed by atoms with Crippen LogP contribution in [0.15, 0.2) is 12.7 Å². The molecule has 0 aromatic heterocycles. The number of carbonyl (C=O) groups is 2. The monoisotopic (exact) mass is 183 g/mol. The van der Waals surface area contributed by atoms with Crippen LogP contribution in [0.25, 0.3) is 0 Å². The first-order valence-electron chi connectivity index (χ1n) is 4.23. The van der Waals surface area contributed by atoms with Crippen molar-refractivity contribution in [2.45, 2.75) is 19.4 Å². The van der Waals surface area contributed by atoms with E-state index in [9.17, 15) is 9.59 Å². The summed E-state index contributed by atoms with van der Waals surface area (Å²) in [6.07, 6.45) is 1.76. The second kappa shape index (κ2) is 3.60. The molecule has 2 atom stereocenters. The highest BCUT2D eigenvalue weighted by Gasteiger charge is 2.37. The van der Waals surface area contributed by atoms with Gasteiger partial charge < -0.3 is 10.0 Å². The van der Waals surface area contributed by atoms with Gasteiger partial charge in [-0.3, -0.25) is 9.59 Å². The second-order valence-corrected chi connectivity index (χ2v) is 3.21. The smallest absolute Gasteiger partial charge is 0.308 e. The molecule has 1 saturated heterocycles. The summed E-state index contributed by atoms with van der Waals surface area (Å²) in [5.74, 6) is -1.44. The molecule has 0 saturated carbocycles. The van der Waals surface area contributed by atoms with Crippen LogP contribution < -0.4 is 0 Å². The Morgan fingerprint density at radius 2 is 2.23 bits per heavy atom. The highest BCUT2D eigenvalue weighted by molar-refractivity contribution is 5.88. The molecule has 1 aliphatic heterocycles. The molecule has 2 unspecified atom stereocenters. The highest BCUT2D eigenvalue weighted by Crippen LogP contribution is 2.24. The van der Waals surface area contributed by atoms with Crippen LogP contribution in [0.5, 0.6) is 0 Å². The van der Waals surface area contributed by atoms with Crippen molar-refractivity contribution in [2.24, 2.45) is 5.92 Å². The van der Waals surface area contributed by atoms with Gasteiger partial charge in [0.1, 0.15) is 0 Å². The van der Waals surface area contributed by atoms with Gasteiger partial charge in [-0.25, -0.2) is 0 Å². The molecule has 0 aliphatic carbocycles. The lowest BCUT2D eigenvalue weighted by atomic mass is 10.0. The van der Waals surface area contributed by atoms with E-state index in [1.807, 2.05) is 0 Å². The van der Waals surface area contributed by atoms with E-state index in [4.69, 9.17) is 5.11 Å². The van der Waals surface area contributed by atoms with E-state index in [1.165, 1.54) is 6.08 Å². The minimum Gasteiger partial charge on any atom is -0.481 e. The van der Waals surface area contributed by atoms with Crippen LogP contribution in [0.2, 0.25) is 0 Å². The summed E-state index contributed by atoms with van der Waals surface area (Å²) in [5, 5.41) is 8.79. The minimum absolute atomic E-state index is 0.184. The molecular formula is C9H13NO3. The van der Waals surface area contributed by atoms with Crippen LogP contribution in [0.3, 0.4) is 0 Å². The van der Waals surface area contributed by atoms with Crippen LogP contribution in [0, 0.1) is 5.92 Å². The minimum atomic E-state index is -0.827. The first-order chi connectivity index (χ1) is 6.07. The number of carboxylic acids is 1. The summed E-state index contributed by atoms with van der Waals surface area (Å²) < 4.78 is 0. The number of nitrogens with zero attached hydrogens (tertiary/aromatic N) is 1. The van der Waals surface area contributed by atoms with E-state index in [0.29, 0.717) is 13.0 Å². The first-order valence-corrected chi connectivity index (χ1v) is 4.23. The number of carbonyl (C=O) groups excluding carboxylic acids is 1. The van der Waals surface area contributed by atoms with Gasteiger partial charge in [0.05, 0.1) is 5.92 Å². The van der Waals surface area contributed by atoms with Crippen molar-refractivity contribution >= 4 is 11.9 Å². The topological polar surface area (TPSA) is 57.6 Å². The van der Waals surface area contributed by atoms with Crippen LogP contribution in [-0.4, -0.2) is 34.5 Å². The summed E-state index contributed by atoms with van der Waals surface area (Å²) >= 11 is 0. The zero-order chi connectivity index (χ0) is 10.0. The van der Waals surface area contributed by atoms with E-state index >= 15 is 0 Å². The van der Waals surface area contributed by atoms with Gasteiger partial charge in [0.25, 0.3) is 0 Å². The Balaban J connectivity index is 2.70. The molecular weight excluding hydrogens is 170 g/mol. The average Bonchev–Trinajstić information content (AvgIpc) is 2.46. The fraction of sp³-hybridized carbons (Fsp3) is 0.556. The third-order valence-corrected chi connectivity index (χ3v) is 2.53. The van der Waals surface area contributed by atoms with E-state index < -0.39 is 11.9 Å². The SMILES string of the molecule is C=CC(=O)N1CCC(C(=O)O)C1C. The van der Waals surface area contributed by atoms with Crippen molar-refractivity contribution in [3.8, 4) is 0 Å². The lowest BCUT2D eigenvalue weighted by molar-refractivity contribution is -0.142. The predicted octanol–water partition coefficient (Wildman–Crippen LogP) is 0.494. The lowest BCUT2D eigenvalue weighted by Gasteiger charge is -2.21. The normalized spacial score (nSPS) is 27.3. The maximum absolute atomic E-state index is 11.2. The van der Waals surface area contributed by atoms with Gasteiger partial charge in [0, 0.05) is 12.6 Å². The van der Waals surface area contributed by atoms with Crippen LogP contribution in [0.1, 0.15) is 13.3 Å². The van der Waals surface area contributed by atoms with Crippen molar-refractivity contribution in [3.63, 3.8) is 0 Å².